The van der Waals surface area contributed by atoms with Crippen LogP contribution < -0.4 is 5.32 Å². The fraction of sp³-hybridized carbons (Fsp3) is 0.500. The van der Waals surface area contributed by atoms with Crippen molar-refractivity contribution in [1.29, 1.82) is 0 Å². The molecule has 0 radical (unpaired) electrons. The molecule has 4 nitrogen and oxygen atoms in total. The Morgan fingerprint density at radius 2 is 1.62 bits per heavy atom. The first kappa shape index (κ1) is 25.9. The molecule has 0 saturated carbocycles. The molecule has 0 saturated heterocycles. The summed E-state index contributed by atoms with van der Waals surface area (Å²) in [5, 5.41) is 21.3. The average molecular weight is 465 g/mol. The van der Waals surface area contributed by atoms with Crippen LogP contribution in [0.5, 0.6) is 0 Å². The van der Waals surface area contributed by atoms with E-state index in [1.54, 1.807) is 35.6 Å². The van der Waals surface area contributed by atoms with E-state index < -0.39 is 60.2 Å². The summed E-state index contributed by atoms with van der Waals surface area (Å²) in [5.74, 6) is -2.32. The number of rotatable bonds is 9. The number of carbonyl (C=O) groups is 1. The van der Waals surface area contributed by atoms with E-state index >= 15 is 0 Å². The van der Waals surface area contributed by atoms with E-state index in [0.717, 1.165) is 26.0 Å². The van der Waals surface area contributed by atoms with E-state index in [-0.39, 0.29) is 0 Å². The lowest BCUT2D eigenvalue weighted by Gasteiger charge is -2.43. The standard InChI is InChI=1S/C22H25F6NO3/c1-20(2,25)12-15(18(31)32)29-19(22(26,27)28)21(16(30)17(23)24)10-8-14(9-11-21)13-6-4-3-5-7-13/h3-11,14-17,19,29-30H,12H2,1-2H3,(H,31,32)/t14?,15-,16-,19-,21?/m0/s1. The van der Waals surface area contributed by atoms with Gasteiger partial charge in [0.25, 0.3) is 6.43 Å². The number of nitrogens with one attached hydrogen (secondary N) is 1. The van der Waals surface area contributed by atoms with Crippen molar-refractivity contribution >= 4 is 5.97 Å². The number of aliphatic hydroxyl groups excluding tert-OH is 1. The second-order valence-electron chi connectivity index (χ2n) is 8.39. The van der Waals surface area contributed by atoms with Crippen LogP contribution in [0.1, 0.15) is 31.7 Å². The highest BCUT2D eigenvalue weighted by molar-refractivity contribution is 5.73. The fourth-order valence-corrected chi connectivity index (χ4v) is 3.76. The van der Waals surface area contributed by atoms with E-state index in [1.807, 2.05) is 0 Å². The van der Waals surface area contributed by atoms with E-state index in [0.29, 0.717) is 5.56 Å². The van der Waals surface area contributed by atoms with Crippen LogP contribution in [0.4, 0.5) is 26.3 Å². The molecule has 1 aliphatic rings. The number of carboxylic acid groups (broad SMARTS) is 1. The number of aliphatic hydroxyl groups is 1. The highest BCUT2D eigenvalue weighted by atomic mass is 19.4. The minimum absolute atomic E-state index is 0.539. The average Bonchev–Trinajstić information content (AvgIpc) is 2.69. The maximum absolute atomic E-state index is 14.1. The van der Waals surface area contributed by atoms with Crippen molar-refractivity contribution < 1.29 is 41.4 Å². The molecule has 32 heavy (non-hydrogen) atoms. The zero-order chi connectivity index (χ0) is 24.3. The molecular formula is C22H25F6NO3. The molecule has 0 bridgehead atoms. The molecule has 2 rings (SSSR count). The van der Waals surface area contributed by atoms with Gasteiger partial charge in [0.2, 0.25) is 0 Å². The van der Waals surface area contributed by atoms with Crippen LogP contribution in [0, 0.1) is 5.41 Å². The minimum Gasteiger partial charge on any atom is -0.480 e. The van der Waals surface area contributed by atoms with Gasteiger partial charge in [0.05, 0.1) is 5.41 Å². The largest absolute Gasteiger partial charge is 0.480 e. The second-order valence-corrected chi connectivity index (χ2v) is 8.39. The summed E-state index contributed by atoms with van der Waals surface area (Å²) in [7, 11) is 0. The van der Waals surface area contributed by atoms with Crippen LogP contribution in [-0.2, 0) is 4.79 Å². The Hall–Kier alpha value is -2.33. The Morgan fingerprint density at radius 3 is 2.03 bits per heavy atom. The molecule has 1 aliphatic carbocycles. The first-order valence-electron chi connectivity index (χ1n) is 9.82. The van der Waals surface area contributed by atoms with Crippen LogP contribution in [0.2, 0.25) is 0 Å². The molecule has 0 aromatic heterocycles. The maximum atomic E-state index is 14.1. The van der Waals surface area contributed by atoms with Gasteiger partial charge in [-0.05, 0) is 19.4 Å². The minimum atomic E-state index is -5.25. The van der Waals surface area contributed by atoms with Crippen molar-refractivity contribution in [2.45, 2.75) is 62.6 Å². The number of hydrogen-bond acceptors (Lipinski definition) is 3. The predicted octanol–water partition coefficient (Wildman–Crippen LogP) is 4.62. The molecule has 0 unspecified atom stereocenters. The van der Waals surface area contributed by atoms with Crippen LogP contribution in [0.15, 0.2) is 54.6 Å². The summed E-state index contributed by atoms with van der Waals surface area (Å²) in [6, 6.07) is 3.54. The van der Waals surface area contributed by atoms with Gasteiger partial charge in [0, 0.05) is 12.3 Å². The van der Waals surface area contributed by atoms with Gasteiger partial charge in [-0.25, -0.2) is 13.2 Å². The Bertz CT molecular complexity index is 818. The third-order valence-electron chi connectivity index (χ3n) is 5.30. The van der Waals surface area contributed by atoms with Gasteiger partial charge in [-0.2, -0.15) is 13.2 Å². The Labute approximate surface area is 181 Å². The van der Waals surface area contributed by atoms with Gasteiger partial charge < -0.3 is 10.2 Å². The number of aliphatic carboxylic acids is 1. The van der Waals surface area contributed by atoms with Gasteiger partial charge in [0.1, 0.15) is 23.9 Å². The molecule has 0 fully saturated rings. The third kappa shape index (κ3) is 6.13. The number of benzene rings is 1. The lowest BCUT2D eigenvalue weighted by molar-refractivity contribution is -0.196. The molecule has 178 valence electrons. The number of allylic oxidation sites excluding steroid dienone is 2. The SMILES string of the molecule is CC(C)(F)C[C@H](N[C@H](C(F)(F)F)C1([C@@H](O)C(F)F)C=CC(c2ccccc2)C=C1)C(=O)O. The molecule has 3 atom stereocenters. The summed E-state index contributed by atoms with van der Waals surface area (Å²) < 4.78 is 83.3. The molecule has 0 heterocycles. The first-order valence-corrected chi connectivity index (χ1v) is 9.82. The van der Waals surface area contributed by atoms with Crippen molar-refractivity contribution in [2.75, 3.05) is 0 Å². The predicted molar refractivity (Wildman–Crippen MR) is 106 cm³/mol. The molecular weight excluding hydrogens is 440 g/mol. The summed E-state index contributed by atoms with van der Waals surface area (Å²) in [4.78, 5) is 11.5. The highest BCUT2D eigenvalue weighted by Gasteiger charge is 2.58. The van der Waals surface area contributed by atoms with Crippen molar-refractivity contribution in [1.82, 2.24) is 5.32 Å². The smallest absolute Gasteiger partial charge is 0.405 e. The van der Waals surface area contributed by atoms with Gasteiger partial charge in [0.15, 0.2) is 0 Å². The molecule has 3 N–H and O–H groups in total. The summed E-state index contributed by atoms with van der Waals surface area (Å²) >= 11 is 0. The van der Waals surface area contributed by atoms with Crippen LogP contribution >= 0.6 is 0 Å². The molecule has 0 amide bonds. The van der Waals surface area contributed by atoms with E-state index in [4.69, 9.17) is 0 Å². The molecule has 10 heteroatoms. The lowest BCUT2D eigenvalue weighted by Crippen LogP contribution is -2.63. The van der Waals surface area contributed by atoms with Crippen LogP contribution in [0.25, 0.3) is 0 Å². The fourth-order valence-electron chi connectivity index (χ4n) is 3.76. The summed E-state index contributed by atoms with van der Waals surface area (Å²) in [5.41, 5.74) is -4.19. The monoisotopic (exact) mass is 465 g/mol. The van der Waals surface area contributed by atoms with Crippen molar-refractivity contribution in [2.24, 2.45) is 5.41 Å². The zero-order valence-electron chi connectivity index (χ0n) is 17.4. The Morgan fingerprint density at radius 1 is 1.09 bits per heavy atom. The molecule has 0 aliphatic heterocycles. The van der Waals surface area contributed by atoms with Crippen LogP contribution in [0.3, 0.4) is 0 Å². The third-order valence-corrected chi connectivity index (χ3v) is 5.30. The quantitative estimate of drug-likeness (QED) is 0.368. The van der Waals surface area contributed by atoms with Gasteiger partial charge in [-0.1, -0.05) is 54.6 Å². The van der Waals surface area contributed by atoms with Crippen molar-refractivity contribution in [3.8, 4) is 0 Å². The molecule has 0 spiro atoms. The van der Waals surface area contributed by atoms with E-state index in [1.165, 1.54) is 12.2 Å². The zero-order valence-corrected chi connectivity index (χ0v) is 17.4. The summed E-state index contributed by atoms with van der Waals surface area (Å²) in [6.07, 6.45) is -8.33. The maximum Gasteiger partial charge on any atom is 0.405 e. The second kappa shape index (κ2) is 9.66. The van der Waals surface area contributed by atoms with Crippen molar-refractivity contribution in [3.05, 3.63) is 60.2 Å². The number of alkyl halides is 6. The Balaban J connectivity index is 2.52. The van der Waals surface area contributed by atoms with Gasteiger partial charge >= 0.3 is 12.1 Å². The topological polar surface area (TPSA) is 69.6 Å². The van der Waals surface area contributed by atoms with E-state index in [9.17, 15) is 41.4 Å². The van der Waals surface area contributed by atoms with Gasteiger partial charge in [-0.15, -0.1) is 0 Å². The summed E-state index contributed by atoms with van der Waals surface area (Å²) in [6.45, 7) is 1.98. The highest BCUT2D eigenvalue weighted by Crippen LogP contribution is 2.45. The number of halogens is 6. The first-order chi connectivity index (χ1) is 14.7. The lowest BCUT2D eigenvalue weighted by atomic mass is 9.70. The van der Waals surface area contributed by atoms with Crippen LogP contribution in [-0.4, -0.2) is 52.6 Å². The Kier molecular flexibility index (Phi) is 7.83. The number of hydrogen-bond donors (Lipinski definition) is 3. The van der Waals surface area contributed by atoms with E-state index in [2.05, 4.69) is 0 Å². The molecule has 1 aromatic rings. The van der Waals surface area contributed by atoms with Crippen molar-refractivity contribution in [3.63, 3.8) is 0 Å². The molecule has 1 aromatic carbocycles. The normalized spacial score (nSPS) is 24.4. The number of carboxylic acids is 1. The van der Waals surface area contributed by atoms with Gasteiger partial charge in [-0.3, -0.25) is 10.1 Å².